The van der Waals surface area contributed by atoms with Gasteiger partial charge >= 0.3 is 0 Å². The molecule has 0 N–H and O–H groups in total. The van der Waals surface area contributed by atoms with E-state index in [1.165, 1.54) is 0 Å². The van der Waals surface area contributed by atoms with Crippen LogP contribution in [0.15, 0.2) is 16.5 Å². The van der Waals surface area contributed by atoms with Gasteiger partial charge in [-0.05, 0) is 31.8 Å². The minimum Gasteiger partial charge on any atom is -0.469 e. The van der Waals surface area contributed by atoms with Gasteiger partial charge in [-0.3, -0.25) is 0 Å². The van der Waals surface area contributed by atoms with E-state index in [4.69, 9.17) is 8.84 Å². The molecule has 4 heteroatoms. The fourth-order valence-electron chi connectivity index (χ4n) is 1.15. The summed E-state index contributed by atoms with van der Waals surface area (Å²) >= 11 is 0. The Labute approximate surface area is 94.8 Å². The highest BCUT2D eigenvalue weighted by molar-refractivity contribution is 6.87. The Morgan fingerprint density at radius 1 is 1.07 bits per heavy atom. The van der Waals surface area contributed by atoms with Gasteiger partial charge in [0, 0.05) is 0 Å². The summed E-state index contributed by atoms with van der Waals surface area (Å²) in [5.41, 5.74) is 0. The molecule has 1 aromatic heterocycles. The van der Waals surface area contributed by atoms with Gasteiger partial charge in [-0.1, -0.05) is 19.6 Å². The topological polar surface area (TPSA) is 22.4 Å². The van der Waals surface area contributed by atoms with E-state index >= 15 is 0 Å². The molecule has 1 aromatic rings. The van der Waals surface area contributed by atoms with Crippen LogP contribution in [0, 0.1) is 0 Å². The molecular formula is C11H22O2Si2. The second-order valence-electron chi connectivity index (χ2n) is 5.92. The predicted octanol–water partition coefficient (Wildman–Crippen LogP) is 3.18. The van der Waals surface area contributed by atoms with Crippen molar-refractivity contribution < 1.29 is 8.84 Å². The van der Waals surface area contributed by atoms with Gasteiger partial charge < -0.3 is 8.84 Å². The summed E-state index contributed by atoms with van der Waals surface area (Å²) in [5.74, 6) is 0.967. The van der Waals surface area contributed by atoms with E-state index in [1.807, 2.05) is 6.07 Å². The third-order valence-corrected chi connectivity index (χ3v) is 4.81. The average Bonchev–Trinajstić information content (AvgIpc) is 2.45. The quantitative estimate of drug-likeness (QED) is 0.757. The summed E-state index contributed by atoms with van der Waals surface area (Å²) in [4.78, 5) is 0. The van der Waals surface area contributed by atoms with Gasteiger partial charge in [-0.15, -0.1) is 0 Å². The molecule has 0 spiro atoms. The molecule has 0 saturated carbocycles. The van der Waals surface area contributed by atoms with Gasteiger partial charge in [0.15, 0.2) is 8.32 Å². The van der Waals surface area contributed by atoms with Gasteiger partial charge in [-0.2, -0.15) is 0 Å². The van der Waals surface area contributed by atoms with Crippen molar-refractivity contribution in [1.29, 1.82) is 0 Å². The Kier molecular flexibility index (Phi) is 3.63. The van der Waals surface area contributed by atoms with Gasteiger partial charge in [-0.25, -0.2) is 0 Å². The van der Waals surface area contributed by atoms with Crippen molar-refractivity contribution in [3.8, 4) is 0 Å². The van der Waals surface area contributed by atoms with Crippen LogP contribution in [0.5, 0.6) is 0 Å². The Balaban J connectivity index is 2.62. The SMILES string of the molecule is C[Si](C)(C)OCc1ccc([Si](C)(C)C)o1. The summed E-state index contributed by atoms with van der Waals surface area (Å²) in [7, 11) is -2.72. The van der Waals surface area contributed by atoms with Crippen LogP contribution in [-0.4, -0.2) is 16.4 Å². The maximum Gasteiger partial charge on any atom is 0.184 e. The zero-order valence-electron chi connectivity index (χ0n) is 10.7. The Morgan fingerprint density at radius 3 is 2.07 bits per heavy atom. The summed E-state index contributed by atoms with van der Waals surface area (Å²) < 4.78 is 11.6. The molecule has 0 saturated heterocycles. The Bertz CT molecular complexity index is 318. The normalized spacial score (nSPS) is 13.2. The van der Waals surface area contributed by atoms with E-state index in [-0.39, 0.29) is 0 Å². The smallest absolute Gasteiger partial charge is 0.184 e. The maximum atomic E-state index is 5.80. The molecule has 0 aromatic carbocycles. The third-order valence-electron chi connectivity index (χ3n) is 2.05. The van der Waals surface area contributed by atoms with Gasteiger partial charge in [0.25, 0.3) is 0 Å². The van der Waals surface area contributed by atoms with Crippen LogP contribution in [0.1, 0.15) is 5.76 Å². The molecule has 0 unspecified atom stereocenters. The van der Waals surface area contributed by atoms with Crippen LogP contribution < -0.4 is 5.38 Å². The molecule has 2 nitrogen and oxygen atoms in total. The van der Waals surface area contributed by atoms with Crippen molar-refractivity contribution in [2.24, 2.45) is 0 Å². The van der Waals surface area contributed by atoms with E-state index in [1.54, 1.807) is 0 Å². The van der Waals surface area contributed by atoms with Crippen molar-refractivity contribution in [3.63, 3.8) is 0 Å². The lowest BCUT2D eigenvalue weighted by molar-refractivity contribution is 0.266. The van der Waals surface area contributed by atoms with Crippen LogP contribution in [-0.2, 0) is 11.0 Å². The second kappa shape index (κ2) is 4.27. The number of furan rings is 1. The summed E-state index contributed by atoms with van der Waals surface area (Å²) in [6, 6.07) is 4.16. The first kappa shape index (κ1) is 12.7. The van der Waals surface area contributed by atoms with Crippen molar-refractivity contribution in [2.75, 3.05) is 0 Å². The average molecular weight is 242 g/mol. The summed E-state index contributed by atoms with van der Waals surface area (Å²) in [5, 5.41) is 1.16. The molecule has 0 aliphatic rings. The first-order valence-electron chi connectivity index (χ1n) is 5.42. The van der Waals surface area contributed by atoms with Gasteiger partial charge in [0.1, 0.15) is 13.8 Å². The summed E-state index contributed by atoms with van der Waals surface area (Å²) in [6.07, 6.45) is 0. The molecule has 0 bridgehead atoms. The van der Waals surface area contributed by atoms with Crippen LogP contribution in [0.25, 0.3) is 0 Å². The largest absolute Gasteiger partial charge is 0.469 e. The molecule has 0 aliphatic carbocycles. The van der Waals surface area contributed by atoms with Gasteiger partial charge in [0.2, 0.25) is 0 Å². The molecule has 0 amide bonds. The first-order chi connectivity index (χ1) is 6.68. The molecule has 1 heterocycles. The molecule has 1 rings (SSSR count). The van der Waals surface area contributed by atoms with Crippen molar-refractivity contribution >= 4 is 21.8 Å². The lowest BCUT2D eigenvalue weighted by atomic mass is 10.5. The third kappa shape index (κ3) is 4.36. The molecular weight excluding hydrogens is 220 g/mol. The first-order valence-corrected chi connectivity index (χ1v) is 12.3. The van der Waals surface area contributed by atoms with Crippen LogP contribution in [0.4, 0.5) is 0 Å². The van der Waals surface area contributed by atoms with Gasteiger partial charge in [0.05, 0.1) is 12.0 Å². The minimum atomic E-state index is -1.43. The number of hydrogen-bond donors (Lipinski definition) is 0. The monoisotopic (exact) mass is 242 g/mol. The second-order valence-corrected chi connectivity index (χ2v) is 15.4. The minimum absolute atomic E-state index is 0.625. The zero-order valence-corrected chi connectivity index (χ0v) is 12.7. The van der Waals surface area contributed by atoms with Crippen molar-refractivity contribution in [2.45, 2.75) is 45.9 Å². The van der Waals surface area contributed by atoms with E-state index < -0.39 is 16.4 Å². The Morgan fingerprint density at radius 2 is 1.67 bits per heavy atom. The molecule has 0 radical (unpaired) electrons. The van der Waals surface area contributed by atoms with E-state index in [2.05, 4.69) is 45.3 Å². The van der Waals surface area contributed by atoms with Crippen molar-refractivity contribution in [1.82, 2.24) is 0 Å². The van der Waals surface area contributed by atoms with Crippen LogP contribution in [0.2, 0.25) is 39.3 Å². The van der Waals surface area contributed by atoms with Crippen LogP contribution >= 0.6 is 0 Å². The summed E-state index contributed by atoms with van der Waals surface area (Å²) in [6.45, 7) is 14.1. The highest BCUT2D eigenvalue weighted by atomic mass is 28.4. The molecule has 15 heavy (non-hydrogen) atoms. The zero-order chi connectivity index (χ0) is 11.7. The lowest BCUT2D eigenvalue weighted by Gasteiger charge is -2.16. The fourth-order valence-corrected chi connectivity index (χ4v) is 2.74. The van der Waals surface area contributed by atoms with Crippen LogP contribution in [0.3, 0.4) is 0 Å². The van der Waals surface area contributed by atoms with E-state index in [0.717, 1.165) is 11.1 Å². The maximum absolute atomic E-state index is 5.80. The lowest BCUT2D eigenvalue weighted by Crippen LogP contribution is -2.36. The predicted molar refractivity (Wildman–Crippen MR) is 69.8 cm³/mol. The molecule has 0 fully saturated rings. The van der Waals surface area contributed by atoms with E-state index in [0.29, 0.717) is 6.61 Å². The van der Waals surface area contributed by atoms with Crippen molar-refractivity contribution in [3.05, 3.63) is 17.9 Å². The highest BCUT2D eigenvalue weighted by Crippen LogP contribution is 2.11. The fraction of sp³-hybridized carbons (Fsp3) is 0.636. The number of rotatable bonds is 4. The van der Waals surface area contributed by atoms with E-state index in [9.17, 15) is 0 Å². The molecule has 0 aliphatic heterocycles. The molecule has 86 valence electrons. The highest BCUT2D eigenvalue weighted by Gasteiger charge is 2.21. The molecule has 0 atom stereocenters. The Hall–Kier alpha value is -0.326. The standard InChI is InChI=1S/C11H22O2Si2/c1-14(2,3)11-8-7-10(13-11)9-12-15(4,5)6/h7-8H,9H2,1-6H3. The number of hydrogen-bond acceptors (Lipinski definition) is 2.